The molecule has 1 saturated heterocycles. The quantitative estimate of drug-likeness (QED) is 0.460. The number of benzene rings is 2. The number of aryl methyl sites for hydroxylation is 1. The zero-order chi connectivity index (χ0) is 24.4. The molecule has 4 aromatic rings. The van der Waals surface area contributed by atoms with E-state index < -0.39 is 17.7 Å². The Bertz CT molecular complexity index is 1350. The number of carbonyl (C=O) groups excluding carboxylic acids is 1. The Balaban J connectivity index is 1.23. The van der Waals surface area contributed by atoms with Gasteiger partial charge in [0, 0.05) is 57.1 Å². The summed E-state index contributed by atoms with van der Waals surface area (Å²) in [6.07, 6.45) is 1.78. The third-order valence-corrected chi connectivity index (χ3v) is 6.28. The topological polar surface area (TPSA) is 66.3 Å². The number of nitrogens with zero attached hydrogens (tertiary/aromatic N) is 5. The van der Waals surface area contributed by atoms with Gasteiger partial charge >= 0.3 is 6.03 Å². The molecule has 9 heteroatoms. The molecule has 35 heavy (non-hydrogen) atoms. The average Bonchev–Trinajstić information content (AvgIpc) is 3.24. The van der Waals surface area contributed by atoms with Crippen LogP contribution in [0.25, 0.3) is 22.6 Å². The fourth-order valence-electron chi connectivity index (χ4n) is 4.30. The van der Waals surface area contributed by atoms with Gasteiger partial charge in [0.05, 0.1) is 5.69 Å². The van der Waals surface area contributed by atoms with Crippen LogP contribution in [0.4, 0.5) is 19.3 Å². The maximum Gasteiger partial charge on any atom is 0.322 e. The summed E-state index contributed by atoms with van der Waals surface area (Å²) in [6, 6.07) is 14.7. The molecular formula is C26H26F2N6O. The first kappa shape index (κ1) is 22.9. The maximum atomic E-state index is 13.9. The van der Waals surface area contributed by atoms with Crippen molar-refractivity contribution >= 4 is 22.9 Å². The van der Waals surface area contributed by atoms with Gasteiger partial charge in [-0.2, -0.15) is 0 Å². The van der Waals surface area contributed by atoms with Crippen molar-refractivity contribution in [3.8, 4) is 11.4 Å². The maximum absolute atomic E-state index is 13.9. The summed E-state index contributed by atoms with van der Waals surface area (Å²) >= 11 is 0. The molecule has 180 valence electrons. The summed E-state index contributed by atoms with van der Waals surface area (Å²) in [4.78, 5) is 25.8. The highest BCUT2D eigenvalue weighted by Gasteiger charge is 2.23. The fraction of sp³-hybridized carbons (Fsp3) is 0.269. The molecule has 0 unspecified atom stereocenters. The van der Waals surface area contributed by atoms with Gasteiger partial charge in [-0.1, -0.05) is 29.8 Å². The number of nitrogens with one attached hydrogen (secondary N) is 1. The first-order chi connectivity index (χ1) is 17.0. The second-order valence-electron chi connectivity index (χ2n) is 8.68. The number of imidazole rings is 1. The highest BCUT2D eigenvalue weighted by Crippen LogP contribution is 2.24. The summed E-state index contributed by atoms with van der Waals surface area (Å²) in [5.74, 6) is -0.379. The van der Waals surface area contributed by atoms with Crippen molar-refractivity contribution in [3.63, 3.8) is 0 Å². The Hall–Kier alpha value is -3.85. The second-order valence-corrected chi connectivity index (χ2v) is 8.68. The number of pyridine rings is 1. The summed E-state index contributed by atoms with van der Waals surface area (Å²) in [7, 11) is 0. The van der Waals surface area contributed by atoms with Gasteiger partial charge in [0.2, 0.25) is 0 Å². The van der Waals surface area contributed by atoms with E-state index in [1.54, 1.807) is 11.1 Å². The predicted molar refractivity (Wildman–Crippen MR) is 131 cm³/mol. The van der Waals surface area contributed by atoms with Crippen LogP contribution in [0.5, 0.6) is 0 Å². The van der Waals surface area contributed by atoms with E-state index in [-0.39, 0.29) is 5.69 Å². The summed E-state index contributed by atoms with van der Waals surface area (Å²) in [5, 5.41) is 2.47. The Morgan fingerprint density at radius 1 is 1.00 bits per heavy atom. The summed E-state index contributed by atoms with van der Waals surface area (Å²) in [5.41, 5.74) is 3.78. The van der Waals surface area contributed by atoms with Gasteiger partial charge in [-0.15, -0.1) is 0 Å². The van der Waals surface area contributed by atoms with Crippen molar-refractivity contribution in [2.45, 2.75) is 13.5 Å². The molecule has 1 fully saturated rings. The molecule has 3 heterocycles. The van der Waals surface area contributed by atoms with Gasteiger partial charge < -0.3 is 14.8 Å². The monoisotopic (exact) mass is 476 g/mol. The third-order valence-electron chi connectivity index (χ3n) is 6.28. The van der Waals surface area contributed by atoms with Crippen LogP contribution in [-0.2, 0) is 6.54 Å². The van der Waals surface area contributed by atoms with Gasteiger partial charge in [-0.05, 0) is 31.2 Å². The first-order valence-corrected chi connectivity index (χ1v) is 11.6. The number of amides is 2. The Morgan fingerprint density at radius 3 is 2.54 bits per heavy atom. The zero-order valence-electron chi connectivity index (χ0n) is 19.4. The largest absolute Gasteiger partial charge is 0.322 e. The van der Waals surface area contributed by atoms with E-state index in [9.17, 15) is 13.6 Å². The molecule has 1 aliphatic rings. The molecular weight excluding hydrogens is 450 g/mol. The zero-order valence-corrected chi connectivity index (χ0v) is 19.4. The van der Waals surface area contributed by atoms with Crippen LogP contribution in [0.1, 0.15) is 5.56 Å². The van der Waals surface area contributed by atoms with E-state index in [0.717, 1.165) is 47.3 Å². The van der Waals surface area contributed by atoms with Crippen molar-refractivity contribution in [3.05, 3.63) is 78.0 Å². The highest BCUT2D eigenvalue weighted by molar-refractivity contribution is 5.89. The molecule has 5 rings (SSSR count). The number of piperazine rings is 1. The fourth-order valence-corrected chi connectivity index (χ4v) is 4.30. The number of urea groups is 1. The lowest BCUT2D eigenvalue weighted by atomic mass is 10.1. The van der Waals surface area contributed by atoms with Crippen LogP contribution in [0, 0.1) is 18.6 Å². The molecule has 2 aromatic heterocycles. The molecule has 2 amide bonds. The van der Waals surface area contributed by atoms with Crippen LogP contribution >= 0.6 is 0 Å². The van der Waals surface area contributed by atoms with Crippen LogP contribution in [-0.4, -0.2) is 63.1 Å². The van der Waals surface area contributed by atoms with E-state index in [2.05, 4.69) is 51.0 Å². The van der Waals surface area contributed by atoms with Crippen molar-refractivity contribution in [1.82, 2.24) is 24.3 Å². The van der Waals surface area contributed by atoms with Crippen molar-refractivity contribution < 1.29 is 13.6 Å². The molecule has 0 atom stereocenters. The Morgan fingerprint density at radius 2 is 1.77 bits per heavy atom. The molecule has 1 aliphatic heterocycles. The number of halogens is 2. The van der Waals surface area contributed by atoms with Crippen LogP contribution in [0.3, 0.4) is 0 Å². The minimum Gasteiger partial charge on any atom is -0.322 e. The van der Waals surface area contributed by atoms with Gasteiger partial charge in [-0.3, -0.25) is 4.90 Å². The number of anilines is 1. The molecule has 0 spiro atoms. The van der Waals surface area contributed by atoms with Gasteiger partial charge in [-0.25, -0.2) is 23.5 Å². The normalized spacial score (nSPS) is 14.4. The molecule has 0 bridgehead atoms. The van der Waals surface area contributed by atoms with Crippen molar-refractivity contribution in [2.75, 3.05) is 38.0 Å². The third kappa shape index (κ3) is 5.00. The van der Waals surface area contributed by atoms with Gasteiger partial charge in [0.25, 0.3) is 0 Å². The van der Waals surface area contributed by atoms with Gasteiger partial charge in [0.15, 0.2) is 5.65 Å². The second kappa shape index (κ2) is 9.79. The standard InChI is InChI=1S/C26H26F2N6O/c1-18-4-6-19(7-5-18)24-30-22-3-2-10-29-25(22)34(24)16-13-32-11-14-33(15-12-32)26(35)31-23-17-20(27)8-9-21(23)28/h2-10,17H,11-16H2,1H3,(H,31,35). The molecule has 1 N–H and O–H groups in total. The highest BCUT2D eigenvalue weighted by atomic mass is 19.1. The lowest BCUT2D eigenvalue weighted by Gasteiger charge is -2.34. The minimum absolute atomic E-state index is 0.152. The van der Waals surface area contributed by atoms with Crippen LogP contribution in [0.15, 0.2) is 60.8 Å². The number of rotatable bonds is 5. The van der Waals surface area contributed by atoms with Crippen LogP contribution in [0.2, 0.25) is 0 Å². The molecule has 0 aliphatic carbocycles. The Labute approximate surface area is 202 Å². The Kier molecular flexibility index (Phi) is 6.41. The van der Waals surface area contributed by atoms with Crippen LogP contribution < -0.4 is 5.32 Å². The summed E-state index contributed by atoms with van der Waals surface area (Å²) in [6.45, 7) is 5.89. The minimum atomic E-state index is -0.663. The number of hydrogen-bond acceptors (Lipinski definition) is 4. The molecule has 2 aromatic carbocycles. The van der Waals surface area contributed by atoms with E-state index in [4.69, 9.17) is 4.98 Å². The molecule has 0 radical (unpaired) electrons. The number of aromatic nitrogens is 3. The summed E-state index contributed by atoms with van der Waals surface area (Å²) < 4.78 is 29.4. The number of fused-ring (bicyclic) bond motifs is 1. The molecule has 0 saturated carbocycles. The lowest BCUT2D eigenvalue weighted by molar-refractivity contribution is 0.144. The average molecular weight is 477 g/mol. The number of hydrogen-bond donors (Lipinski definition) is 1. The van der Waals surface area contributed by atoms with Crippen molar-refractivity contribution in [2.24, 2.45) is 0 Å². The van der Waals surface area contributed by atoms with E-state index >= 15 is 0 Å². The predicted octanol–water partition coefficient (Wildman–Crippen LogP) is 4.53. The SMILES string of the molecule is Cc1ccc(-c2nc3cccnc3n2CCN2CCN(C(=O)Nc3cc(F)ccc3F)CC2)cc1. The lowest BCUT2D eigenvalue weighted by Crippen LogP contribution is -2.50. The first-order valence-electron chi connectivity index (χ1n) is 11.6. The van der Waals surface area contributed by atoms with E-state index in [0.29, 0.717) is 32.7 Å². The number of carbonyl (C=O) groups is 1. The molecule has 7 nitrogen and oxygen atoms in total. The van der Waals surface area contributed by atoms with E-state index in [1.165, 1.54) is 5.56 Å². The smallest absolute Gasteiger partial charge is 0.322 e. The van der Waals surface area contributed by atoms with Crippen molar-refractivity contribution in [1.29, 1.82) is 0 Å². The van der Waals surface area contributed by atoms with E-state index in [1.807, 2.05) is 12.1 Å². The van der Waals surface area contributed by atoms with Gasteiger partial charge in [0.1, 0.15) is 23.0 Å².